The van der Waals surface area contributed by atoms with Crippen molar-refractivity contribution >= 4 is 15.7 Å². The summed E-state index contributed by atoms with van der Waals surface area (Å²) in [6.45, 7) is 1.70. The molecule has 0 fully saturated rings. The Labute approximate surface area is 127 Å². The van der Waals surface area contributed by atoms with Crippen LogP contribution in [0.25, 0.3) is 11.5 Å². The van der Waals surface area contributed by atoms with Crippen molar-refractivity contribution in [2.45, 2.75) is 11.8 Å². The fourth-order valence-electron chi connectivity index (χ4n) is 1.97. The summed E-state index contributed by atoms with van der Waals surface area (Å²) < 4.78 is 32.5. The van der Waals surface area contributed by atoms with Gasteiger partial charge in [0.15, 0.2) is 5.82 Å². The quantitative estimate of drug-likeness (QED) is 0.800. The predicted molar refractivity (Wildman–Crippen MR) is 81.7 cm³/mol. The molecule has 1 heterocycles. The molecule has 0 saturated carbocycles. The number of hydrogen-bond donors (Lipinski definition) is 1. The van der Waals surface area contributed by atoms with Gasteiger partial charge in [0.2, 0.25) is 0 Å². The van der Waals surface area contributed by atoms with E-state index in [1.165, 1.54) is 12.1 Å². The van der Waals surface area contributed by atoms with Crippen molar-refractivity contribution in [1.82, 2.24) is 10.1 Å². The fourth-order valence-corrected chi connectivity index (χ4v) is 3.07. The maximum Gasteiger partial charge on any atom is 0.261 e. The second kappa shape index (κ2) is 5.61. The van der Waals surface area contributed by atoms with E-state index in [1.54, 1.807) is 49.4 Å². The van der Waals surface area contributed by atoms with Crippen LogP contribution in [-0.4, -0.2) is 18.6 Å². The fraction of sp³-hybridized carbons (Fsp3) is 0.0667. The van der Waals surface area contributed by atoms with Crippen LogP contribution in [0.2, 0.25) is 0 Å². The van der Waals surface area contributed by atoms with Gasteiger partial charge in [0, 0.05) is 0 Å². The molecular weight excluding hydrogens is 302 g/mol. The molecule has 1 N–H and O–H groups in total. The SMILES string of the molecule is Cc1noc(-c2ccccc2NS(=O)(=O)c2ccccc2)n1. The van der Waals surface area contributed by atoms with E-state index in [2.05, 4.69) is 14.9 Å². The minimum absolute atomic E-state index is 0.187. The van der Waals surface area contributed by atoms with E-state index in [0.717, 1.165) is 0 Å². The zero-order valence-electron chi connectivity index (χ0n) is 11.7. The molecule has 0 amide bonds. The van der Waals surface area contributed by atoms with Crippen molar-refractivity contribution in [3.05, 3.63) is 60.4 Å². The number of anilines is 1. The second-order valence-electron chi connectivity index (χ2n) is 4.61. The van der Waals surface area contributed by atoms with Gasteiger partial charge in [-0.3, -0.25) is 4.72 Å². The van der Waals surface area contributed by atoms with Crippen molar-refractivity contribution in [3.8, 4) is 11.5 Å². The van der Waals surface area contributed by atoms with E-state index in [0.29, 0.717) is 17.1 Å². The lowest BCUT2D eigenvalue weighted by Crippen LogP contribution is -2.13. The van der Waals surface area contributed by atoms with E-state index in [9.17, 15) is 8.42 Å². The smallest absolute Gasteiger partial charge is 0.261 e. The van der Waals surface area contributed by atoms with Gasteiger partial charge in [-0.1, -0.05) is 35.5 Å². The van der Waals surface area contributed by atoms with Gasteiger partial charge in [0.1, 0.15) is 0 Å². The largest absolute Gasteiger partial charge is 0.334 e. The molecule has 3 rings (SSSR count). The lowest BCUT2D eigenvalue weighted by atomic mass is 10.2. The number of sulfonamides is 1. The van der Waals surface area contributed by atoms with Crippen molar-refractivity contribution in [3.63, 3.8) is 0 Å². The topological polar surface area (TPSA) is 85.1 Å². The third kappa shape index (κ3) is 2.84. The first-order chi connectivity index (χ1) is 10.6. The maximum absolute atomic E-state index is 12.4. The Hall–Kier alpha value is -2.67. The molecule has 112 valence electrons. The van der Waals surface area contributed by atoms with Gasteiger partial charge < -0.3 is 4.52 Å². The molecule has 0 unspecified atom stereocenters. The van der Waals surface area contributed by atoms with Gasteiger partial charge in [0.25, 0.3) is 15.9 Å². The van der Waals surface area contributed by atoms with Crippen LogP contribution < -0.4 is 4.72 Å². The van der Waals surface area contributed by atoms with Gasteiger partial charge in [-0.05, 0) is 31.2 Å². The molecule has 2 aromatic carbocycles. The van der Waals surface area contributed by atoms with E-state index in [4.69, 9.17) is 4.52 Å². The first kappa shape index (κ1) is 14.3. The Morgan fingerprint density at radius 3 is 2.36 bits per heavy atom. The molecule has 0 bridgehead atoms. The van der Waals surface area contributed by atoms with Gasteiger partial charge in [0.05, 0.1) is 16.1 Å². The molecule has 0 aliphatic heterocycles. The molecule has 0 aliphatic carbocycles. The molecule has 0 aliphatic rings. The summed E-state index contributed by atoms with van der Waals surface area (Å²) in [6, 6.07) is 15.0. The molecule has 1 aromatic heterocycles. The van der Waals surface area contributed by atoms with Gasteiger partial charge in [-0.25, -0.2) is 8.42 Å². The van der Waals surface area contributed by atoms with Gasteiger partial charge in [-0.2, -0.15) is 4.98 Å². The van der Waals surface area contributed by atoms with Crippen molar-refractivity contribution in [2.75, 3.05) is 4.72 Å². The number of aromatic nitrogens is 2. The Balaban J connectivity index is 2.00. The predicted octanol–water partition coefficient (Wildman–Crippen LogP) is 2.85. The Kier molecular flexibility index (Phi) is 3.64. The van der Waals surface area contributed by atoms with Crippen LogP contribution in [0.4, 0.5) is 5.69 Å². The summed E-state index contributed by atoms with van der Waals surface area (Å²) in [4.78, 5) is 4.32. The second-order valence-corrected chi connectivity index (χ2v) is 6.29. The number of rotatable bonds is 4. The maximum atomic E-state index is 12.4. The first-order valence-corrected chi connectivity index (χ1v) is 8.02. The van der Waals surface area contributed by atoms with Crippen LogP contribution in [0.15, 0.2) is 64.0 Å². The molecule has 0 radical (unpaired) electrons. The summed E-state index contributed by atoms with van der Waals surface area (Å²) in [7, 11) is -3.68. The van der Waals surface area contributed by atoms with Crippen LogP contribution >= 0.6 is 0 Å². The molecule has 22 heavy (non-hydrogen) atoms. The Bertz CT molecular complexity index is 889. The zero-order chi connectivity index (χ0) is 15.6. The summed E-state index contributed by atoms with van der Waals surface area (Å²) in [5.74, 6) is 0.750. The van der Waals surface area contributed by atoms with Gasteiger partial charge >= 0.3 is 0 Å². The van der Waals surface area contributed by atoms with Crippen LogP contribution in [0, 0.1) is 6.92 Å². The summed E-state index contributed by atoms with van der Waals surface area (Å²) in [6.07, 6.45) is 0. The normalized spacial score (nSPS) is 11.3. The summed E-state index contributed by atoms with van der Waals surface area (Å²) in [5, 5.41) is 3.73. The number of benzene rings is 2. The lowest BCUT2D eigenvalue weighted by molar-refractivity contribution is 0.426. The minimum atomic E-state index is -3.68. The van der Waals surface area contributed by atoms with E-state index >= 15 is 0 Å². The summed E-state index contributed by atoms with van der Waals surface area (Å²) >= 11 is 0. The highest BCUT2D eigenvalue weighted by Crippen LogP contribution is 2.28. The standard InChI is InChI=1S/C15H13N3O3S/c1-11-16-15(21-17-11)13-9-5-6-10-14(13)18-22(19,20)12-7-3-2-4-8-12/h2-10,18H,1H3. The Morgan fingerprint density at radius 2 is 1.68 bits per heavy atom. The third-order valence-corrected chi connectivity index (χ3v) is 4.36. The number of nitrogens with one attached hydrogen (secondary N) is 1. The highest BCUT2D eigenvalue weighted by atomic mass is 32.2. The van der Waals surface area contributed by atoms with Crippen molar-refractivity contribution in [1.29, 1.82) is 0 Å². The molecule has 7 heteroatoms. The monoisotopic (exact) mass is 315 g/mol. The van der Waals surface area contributed by atoms with Crippen LogP contribution in [0.3, 0.4) is 0 Å². The molecular formula is C15H13N3O3S. The first-order valence-electron chi connectivity index (χ1n) is 6.54. The average Bonchev–Trinajstić information content (AvgIpc) is 2.95. The number of aryl methyl sites for hydroxylation is 1. The molecule has 0 atom stereocenters. The number of hydrogen-bond acceptors (Lipinski definition) is 5. The summed E-state index contributed by atoms with van der Waals surface area (Å²) in [5.41, 5.74) is 0.914. The molecule has 0 saturated heterocycles. The van der Waals surface area contributed by atoms with E-state index in [1.807, 2.05) is 0 Å². The minimum Gasteiger partial charge on any atom is -0.334 e. The average molecular weight is 315 g/mol. The van der Waals surface area contributed by atoms with Crippen LogP contribution in [0.1, 0.15) is 5.82 Å². The Morgan fingerprint density at radius 1 is 1.00 bits per heavy atom. The molecule has 0 spiro atoms. The van der Waals surface area contributed by atoms with Crippen LogP contribution in [0.5, 0.6) is 0 Å². The van der Waals surface area contributed by atoms with Gasteiger partial charge in [-0.15, -0.1) is 0 Å². The zero-order valence-corrected chi connectivity index (χ0v) is 12.5. The van der Waals surface area contributed by atoms with Crippen molar-refractivity contribution in [2.24, 2.45) is 0 Å². The van der Waals surface area contributed by atoms with Crippen molar-refractivity contribution < 1.29 is 12.9 Å². The highest BCUT2D eigenvalue weighted by Gasteiger charge is 2.18. The number of para-hydroxylation sites is 1. The number of nitrogens with zero attached hydrogens (tertiary/aromatic N) is 2. The highest BCUT2D eigenvalue weighted by molar-refractivity contribution is 7.92. The third-order valence-electron chi connectivity index (χ3n) is 2.98. The lowest BCUT2D eigenvalue weighted by Gasteiger charge is -2.10. The molecule has 3 aromatic rings. The van der Waals surface area contributed by atoms with E-state index in [-0.39, 0.29) is 10.8 Å². The molecule has 6 nitrogen and oxygen atoms in total. The van der Waals surface area contributed by atoms with Crippen LogP contribution in [-0.2, 0) is 10.0 Å². The van der Waals surface area contributed by atoms with E-state index < -0.39 is 10.0 Å².